The third kappa shape index (κ3) is 1.88. The van der Waals surface area contributed by atoms with Gasteiger partial charge in [0, 0.05) is 18.2 Å². The molecule has 1 nitrogen and oxygen atoms in total. The van der Waals surface area contributed by atoms with Gasteiger partial charge in [-0.2, -0.15) is 0 Å². The molecule has 18 heavy (non-hydrogen) atoms. The van der Waals surface area contributed by atoms with Crippen LogP contribution < -0.4 is 5.32 Å². The normalized spacial score (nSPS) is 18.0. The number of halogens is 1. The topological polar surface area (TPSA) is 12.0 Å². The minimum absolute atomic E-state index is 0.108. The quantitative estimate of drug-likeness (QED) is 0.793. The van der Waals surface area contributed by atoms with E-state index in [2.05, 4.69) is 17.4 Å². The van der Waals surface area contributed by atoms with Gasteiger partial charge >= 0.3 is 0 Å². The molecule has 0 saturated carbocycles. The maximum atomic E-state index is 13.7. The van der Waals surface area contributed by atoms with Gasteiger partial charge in [-0.25, -0.2) is 4.39 Å². The second kappa shape index (κ2) is 4.45. The first-order valence-electron chi connectivity index (χ1n) is 6.34. The Kier molecular flexibility index (Phi) is 2.78. The molecule has 1 aliphatic rings. The van der Waals surface area contributed by atoms with Crippen LogP contribution in [0.2, 0.25) is 0 Å². The third-order valence-corrected chi connectivity index (χ3v) is 3.68. The van der Waals surface area contributed by atoms with Crippen molar-refractivity contribution < 1.29 is 4.39 Å². The van der Waals surface area contributed by atoms with E-state index in [0.717, 1.165) is 18.5 Å². The highest BCUT2D eigenvalue weighted by molar-refractivity contribution is 5.57. The van der Waals surface area contributed by atoms with Gasteiger partial charge in [0.15, 0.2) is 0 Å². The van der Waals surface area contributed by atoms with Gasteiger partial charge in [-0.05, 0) is 42.2 Å². The number of para-hydroxylation sites is 1. The standard InChI is InChI=1S/C16H16FN/c1-11-6-7-12(10-15(11)17)13-8-9-18-16-5-3-2-4-14(13)16/h2-7,10,13,18H,8-9H2,1H3. The lowest BCUT2D eigenvalue weighted by molar-refractivity contribution is 0.611. The van der Waals surface area contributed by atoms with Crippen molar-refractivity contribution in [1.82, 2.24) is 0 Å². The molecular formula is C16H16FN. The molecule has 0 bridgehead atoms. The summed E-state index contributed by atoms with van der Waals surface area (Å²) in [7, 11) is 0. The van der Waals surface area contributed by atoms with E-state index < -0.39 is 0 Å². The molecule has 1 unspecified atom stereocenters. The Morgan fingerprint density at radius 1 is 1.17 bits per heavy atom. The van der Waals surface area contributed by atoms with Crippen molar-refractivity contribution in [2.24, 2.45) is 0 Å². The highest BCUT2D eigenvalue weighted by atomic mass is 19.1. The molecule has 0 aliphatic carbocycles. The summed E-state index contributed by atoms with van der Waals surface area (Å²) in [6.45, 7) is 2.74. The van der Waals surface area contributed by atoms with E-state index in [-0.39, 0.29) is 5.82 Å². The van der Waals surface area contributed by atoms with Crippen molar-refractivity contribution >= 4 is 5.69 Å². The van der Waals surface area contributed by atoms with E-state index >= 15 is 0 Å². The van der Waals surface area contributed by atoms with Crippen LogP contribution in [0.15, 0.2) is 42.5 Å². The Morgan fingerprint density at radius 2 is 2.00 bits per heavy atom. The van der Waals surface area contributed by atoms with Crippen LogP contribution in [0, 0.1) is 12.7 Å². The van der Waals surface area contributed by atoms with E-state index in [1.54, 1.807) is 13.0 Å². The average molecular weight is 241 g/mol. The minimum atomic E-state index is -0.108. The molecule has 1 aliphatic heterocycles. The van der Waals surface area contributed by atoms with Crippen molar-refractivity contribution in [3.05, 3.63) is 65.0 Å². The molecule has 0 spiro atoms. The van der Waals surface area contributed by atoms with Gasteiger partial charge < -0.3 is 5.32 Å². The number of benzene rings is 2. The summed E-state index contributed by atoms with van der Waals surface area (Å²) in [5.74, 6) is 0.195. The molecule has 92 valence electrons. The molecule has 1 N–H and O–H groups in total. The molecule has 3 rings (SSSR count). The van der Waals surface area contributed by atoms with Crippen molar-refractivity contribution in [1.29, 1.82) is 0 Å². The zero-order valence-electron chi connectivity index (χ0n) is 10.4. The van der Waals surface area contributed by atoms with Gasteiger partial charge in [-0.15, -0.1) is 0 Å². The lowest BCUT2D eigenvalue weighted by atomic mass is 9.85. The maximum absolute atomic E-state index is 13.7. The van der Waals surface area contributed by atoms with Crippen LogP contribution in [-0.4, -0.2) is 6.54 Å². The lowest BCUT2D eigenvalue weighted by Gasteiger charge is -2.27. The number of hydrogen-bond donors (Lipinski definition) is 1. The molecule has 2 aromatic rings. The monoisotopic (exact) mass is 241 g/mol. The van der Waals surface area contributed by atoms with Crippen molar-refractivity contribution in [3.63, 3.8) is 0 Å². The van der Waals surface area contributed by atoms with Crippen LogP contribution in [0.4, 0.5) is 10.1 Å². The number of anilines is 1. The Balaban J connectivity index is 2.05. The highest BCUT2D eigenvalue weighted by Crippen LogP contribution is 2.36. The van der Waals surface area contributed by atoms with Gasteiger partial charge in [-0.3, -0.25) is 0 Å². The summed E-state index contributed by atoms with van der Waals surface area (Å²) in [5, 5.41) is 3.39. The fraction of sp³-hybridized carbons (Fsp3) is 0.250. The lowest BCUT2D eigenvalue weighted by Crippen LogP contribution is -2.17. The molecular weight excluding hydrogens is 225 g/mol. The van der Waals surface area contributed by atoms with Crippen molar-refractivity contribution in [2.75, 3.05) is 11.9 Å². The van der Waals surface area contributed by atoms with Crippen molar-refractivity contribution in [2.45, 2.75) is 19.3 Å². The molecule has 0 aromatic heterocycles. The second-order valence-electron chi connectivity index (χ2n) is 4.86. The minimum Gasteiger partial charge on any atom is -0.385 e. The molecule has 0 amide bonds. The van der Waals surface area contributed by atoms with Gasteiger partial charge in [0.05, 0.1) is 0 Å². The first-order valence-corrected chi connectivity index (χ1v) is 6.34. The summed E-state index contributed by atoms with van der Waals surface area (Å²) >= 11 is 0. The Labute approximate surface area is 107 Å². The smallest absolute Gasteiger partial charge is 0.126 e. The SMILES string of the molecule is Cc1ccc(C2CCNc3ccccc32)cc1F. The van der Waals surface area contributed by atoms with Crippen LogP contribution >= 0.6 is 0 Å². The zero-order chi connectivity index (χ0) is 12.5. The Morgan fingerprint density at radius 3 is 2.83 bits per heavy atom. The van der Waals surface area contributed by atoms with Crippen LogP contribution in [-0.2, 0) is 0 Å². The maximum Gasteiger partial charge on any atom is 0.126 e. The Hall–Kier alpha value is -1.83. The van der Waals surface area contributed by atoms with E-state index in [1.165, 1.54) is 11.3 Å². The molecule has 1 atom stereocenters. The highest BCUT2D eigenvalue weighted by Gasteiger charge is 2.21. The number of rotatable bonds is 1. The van der Waals surface area contributed by atoms with E-state index in [9.17, 15) is 4.39 Å². The Bertz CT molecular complexity index is 577. The number of aryl methyl sites for hydroxylation is 1. The average Bonchev–Trinajstić information content (AvgIpc) is 2.41. The van der Waals surface area contributed by atoms with Gasteiger partial charge in [0.25, 0.3) is 0 Å². The predicted molar refractivity (Wildman–Crippen MR) is 72.5 cm³/mol. The molecule has 0 saturated heterocycles. The van der Waals surface area contributed by atoms with E-state index in [1.807, 2.05) is 24.3 Å². The summed E-state index contributed by atoms with van der Waals surface area (Å²) < 4.78 is 13.7. The number of fused-ring (bicyclic) bond motifs is 1. The molecule has 0 radical (unpaired) electrons. The molecule has 1 heterocycles. The molecule has 2 heteroatoms. The van der Waals surface area contributed by atoms with Crippen LogP contribution in [0.3, 0.4) is 0 Å². The number of hydrogen-bond acceptors (Lipinski definition) is 1. The van der Waals surface area contributed by atoms with Gasteiger partial charge in [0.1, 0.15) is 5.82 Å². The summed E-state index contributed by atoms with van der Waals surface area (Å²) in [6.07, 6.45) is 1.01. The fourth-order valence-corrected chi connectivity index (χ4v) is 2.64. The summed E-state index contributed by atoms with van der Waals surface area (Å²) in [6, 6.07) is 13.9. The zero-order valence-corrected chi connectivity index (χ0v) is 10.4. The third-order valence-electron chi connectivity index (χ3n) is 3.68. The summed E-state index contributed by atoms with van der Waals surface area (Å²) in [5.41, 5.74) is 4.23. The number of nitrogens with one attached hydrogen (secondary N) is 1. The van der Waals surface area contributed by atoms with Crippen LogP contribution in [0.5, 0.6) is 0 Å². The molecule has 2 aromatic carbocycles. The molecule has 0 fully saturated rings. The van der Waals surface area contributed by atoms with E-state index in [4.69, 9.17) is 0 Å². The fourth-order valence-electron chi connectivity index (χ4n) is 2.64. The van der Waals surface area contributed by atoms with E-state index in [0.29, 0.717) is 11.5 Å². The first-order chi connectivity index (χ1) is 8.75. The van der Waals surface area contributed by atoms with Crippen molar-refractivity contribution in [3.8, 4) is 0 Å². The van der Waals surface area contributed by atoms with Gasteiger partial charge in [0.2, 0.25) is 0 Å². The van der Waals surface area contributed by atoms with Crippen LogP contribution in [0.1, 0.15) is 29.0 Å². The second-order valence-corrected chi connectivity index (χ2v) is 4.86. The predicted octanol–water partition coefficient (Wildman–Crippen LogP) is 4.08. The van der Waals surface area contributed by atoms with Gasteiger partial charge in [-0.1, -0.05) is 30.3 Å². The first kappa shape index (κ1) is 11.3. The summed E-state index contributed by atoms with van der Waals surface area (Å²) in [4.78, 5) is 0. The van der Waals surface area contributed by atoms with Crippen LogP contribution in [0.25, 0.3) is 0 Å². The largest absolute Gasteiger partial charge is 0.385 e.